The summed E-state index contributed by atoms with van der Waals surface area (Å²) >= 11 is 1.63. The third kappa shape index (κ3) is 3.26. The van der Waals surface area contributed by atoms with Crippen molar-refractivity contribution in [1.29, 1.82) is 0 Å². The molecule has 1 heterocycles. The molecule has 0 unspecified atom stereocenters. The molecular weight excluding hydrogens is 294 g/mol. The average molecular weight is 311 g/mol. The number of nitrogens with zero attached hydrogens (tertiary/aromatic N) is 2. The summed E-state index contributed by atoms with van der Waals surface area (Å²) in [7, 11) is 3.54. The molecule has 1 aromatic heterocycles. The van der Waals surface area contributed by atoms with Gasteiger partial charge in [0.25, 0.3) is 0 Å². The first-order valence-corrected chi connectivity index (χ1v) is 7.89. The number of fused-ring (bicyclic) bond motifs is 1. The Morgan fingerprint density at radius 3 is 2.59 bits per heavy atom. The monoisotopic (exact) mass is 311 g/mol. The van der Waals surface area contributed by atoms with Crippen LogP contribution in [0.3, 0.4) is 0 Å². The van der Waals surface area contributed by atoms with Crippen molar-refractivity contribution in [2.75, 3.05) is 19.4 Å². The number of carbonyl (C=O) groups is 1. The number of anilines is 2. The van der Waals surface area contributed by atoms with Crippen molar-refractivity contribution < 1.29 is 4.79 Å². The van der Waals surface area contributed by atoms with E-state index in [2.05, 4.69) is 16.4 Å². The van der Waals surface area contributed by atoms with Crippen molar-refractivity contribution >= 4 is 38.8 Å². The number of rotatable bonds is 4. The zero-order valence-corrected chi connectivity index (χ0v) is 13.4. The van der Waals surface area contributed by atoms with Gasteiger partial charge in [-0.15, -0.1) is 11.3 Å². The number of nitrogens with one attached hydrogen (secondary N) is 1. The van der Waals surface area contributed by atoms with Gasteiger partial charge in [-0.1, -0.05) is 12.1 Å². The summed E-state index contributed by atoms with van der Waals surface area (Å²) in [6, 6.07) is 14.1. The van der Waals surface area contributed by atoms with Crippen molar-refractivity contribution in [2.45, 2.75) is 6.42 Å². The van der Waals surface area contributed by atoms with Crippen LogP contribution in [0.4, 0.5) is 11.4 Å². The Morgan fingerprint density at radius 1 is 1.14 bits per heavy atom. The van der Waals surface area contributed by atoms with E-state index < -0.39 is 0 Å². The molecule has 0 atom stereocenters. The predicted octanol–water partition coefficient (Wildman–Crippen LogP) is 3.67. The Hall–Kier alpha value is -2.40. The van der Waals surface area contributed by atoms with Crippen LogP contribution in [-0.4, -0.2) is 29.9 Å². The summed E-state index contributed by atoms with van der Waals surface area (Å²) in [4.78, 5) is 17.6. The molecular formula is C17H17N3OS. The minimum atomic E-state index is 0.108. The smallest absolute Gasteiger partial charge is 0.226 e. The van der Waals surface area contributed by atoms with Crippen LogP contribution in [0.2, 0.25) is 0 Å². The first kappa shape index (κ1) is 14.5. The summed E-state index contributed by atoms with van der Waals surface area (Å²) in [6.45, 7) is 0. The topological polar surface area (TPSA) is 45.2 Å². The summed E-state index contributed by atoms with van der Waals surface area (Å²) in [5.41, 5.74) is 5.93. The molecule has 3 rings (SSSR count). The Balaban J connectivity index is 1.71. The van der Waals surface area contributed by atoms with Gasteiger partial charge in [0, 0.05) is 25.5 Å². The van der Waals surface area contributed by atoms with Crippen molar-refractivity contribution in [3.63, 3.8) is 0 Å². The molecule has 0 spiro atoms. The molecule has 1 amide bonds. The molecule has 112 valence electrons. The fourth-order valence-electron chi connectivity index (χ4n) is 2.14. The molecule has 22 heavy (non-hydrogen) atoms. The van der Waals surface area contributed by atoms with E-state index in [0.717, 1.165) is 27.2 Å². The summed E-state index contributed by atoms with van der Waals surface area (Å²) in [5.74, 6) is 0.108. The molecule has 0 bridgehead atoms. The van der Waals surface area contributed by atoms with Gasteiger partial charge in [0.05, 0.1) is 22.1 Å². The molecule has 5 heteroatoms. The highest BCUT2D eigenvalue weighted by Gasteiger charge is 2.05. The van der Waals surface area contributed by atoms with Crippen molar-refractivity contribution in [2.24, 2.45) is 0 Å². The largest absolute Gasteiger partial charge is 0.355 e. The lowest BCUT2D eigenvalue weighted by atomic mass is 10.1. The van der Waals surface area contributed by atoms with Gasteiger partial charge in [0.15, 0.2) is 0 Å². The van der Waals surface area contributed by atoms with Gasteiger partial charge in [-0.05, 0) is 35.9 Å². The first-order valence-electron chi connectivity index (χ1n) is 7.01. The molecule has 0 radical (unpaired) electrons. The van der Waals surface area contributed by atoms with E-state index in [-0.39, 0.29) is 5.91 Å². The number of aromatic nitrogens is 1. The van der Waals surface area contributed by atoms with Gasteiger partial charge in [-0.2, -0.15) is 0 Å². The van der Waals surface area contributed by atoms with E-state index in [1.165, 1.54) is 0 Å². The maximum absolute atomic E-state index is 11.7. The number of thiazole rings is 1. The third-order valence-electron chi connectivity index (χ3n) is 3.43. The van der Waals surface area contributed by atoms with Crippen molar-refractivity contribution in [3.05, 3.63) is 53.5 Å². The average Bonchev–Trinajstić information content (AvgIpc) is 2.96. The first-order chi connectivity index (χ1) is 10.6. The number of carbonyl (C=O) groups excluding carboxylic acids is 1. The van der Waals surface area contributed by atoms with Crippen LogP contribution in [0, 0.1) is 0 Å². The van der Waals surface area contributed by atoms with Gasteiger partial charge in [-0.25, -0.2) is 4.98 Å². The highest BCUT2D eigenvalue weighted by Crippen LogP contribution is 2.24. The fourth-order valence-corrected chi connectivity index (χ4v) is 2.85. The lowest BCUT2D eigenvalue weighted by Crippen LogP contribution is -2.23. The molecule has 0 aliphatic carbocycles. The van der Waals surface area contributed by atoms with Gasteiger partial charge in [0.2, 0.25) is 5.91 Å². The van der Waals surface area contributed by atoms with E-state index >= 15 is 0 Å². The van der Waals surface area contributed by atoms with E-state index in [4.69, 9.17) is 0 Å². The van der Waals surface area contributed by atoms with E-state index in [1.54, 1.807) is 30.3 Å². The van der Waals surface area contributed by atoms with Crippen molar-refractivity contribution in [3.8, 4) is 0 Å². The lowest BCUT2D eigenvalue weighted by Gasteiger charge is -2.11. The minimum Gasteiger partial charge on any atom is -0.355 e. The normalized spacial score (nSPS) is 10.6. The summed E-state index contributed by atoms with van der Waals surface area (Å²) in [6.07, 6.45) is 0.431. The molecule has 0 saturated heterocycles. The molecule has 2 aromatic carbocycles. The maximum atomic E-state index is 11.7. The number of benzene rings is 2. The zero-order valence-electron chi connectivity index (χ0n) is 12.5. The SMILES string of the molecule is CN(C)C(=O)Cc1ccc(Nc2ccc3ncsc3c2)cc1. The Kier molecular flexibility index (Phi) is 4.06. The second kappa shape index (κ2) is 6.15. The van der Waals surface area contributed by atoms with Crippen LogP contribution in [0.5, 0.6) is 0 Å². The van der Waals surface area contributed by atoms with Crippen LogP contribution in [0.15, 0.2) is 48.0 Å². The second-order valence-electron chi connectivity index (χ2n) is 5.32. The number of likely N-dealkylation sites (N-methyl/N-ethyl adjacent to an activating group) is 1. The Labute approximate surface area is 133 Å². The maximum Gasteiger partial charge on any atom is 0.226 e. The summed E-state index contributed by atoms with van der Waals surface area (Å²) < 4.78 is 1.16. The molecule has 0 fully saturated rings. The zero-order chi connectivity index (χ0) is 15.5. The highest BCUT2D eigenvalue weighted by molar-refractivity contribution is 7.16. The number of amides is 1. The molecule has 4 nitrogen and oxygen atoms in total. The van der Waals surface area contributed by atoms with Crippen molar-refractivity contribution in [1.82, 2.24) is 9.88 Å². The quantitative estimate of drug-likeness (QED) is 0.799. The molecule has 3 aromatic rings. The van der Waals surface area contributed by atoms with Crippen LogP contribution >= 0.6 is 11.3 Å². The number of hydrogen-bond acceptors (Lipinski definition) is 4. The van der Waals surface area contributed by atoms with E-state index in [0.29, 0.717) is 6.42 Å². The van der Waals surface area contributed by atoms with Crippen LogP contribution in [0.25, 0.3) is 10.2 Å². The highest BCUT2D eigenvalue weighted by atomic mass is 32.1. The Morgan fingerprint density at radius 2 is 1.86 bits per heavy atom. The summed E-state index contributed by atoms with van der Waals surface area (Å²) in [5, 5.41) is 3.37. The fraction of sp³-hybridized carbons (Fsp3) is 0.176. The Bertz CT molecular complexity index is 793. The molecule has 0 aliphatic heterocycles. The number of hydrogen-bond donors (Lipinski definition) is 1. The van der Waals surface area contributed by atoms with Crippen LogP contribution in [0.1, 0.15) is 5.56 Å². The minimum absolute atomic E-state index is 0.108. The van der Waals surface area contributed by atoms with Gasteiger partial charge < -0.3 is 10.2 Å². The molecule has 1 N–H and O–H groups in total. The second-order valence-corrected chi connectivity index (χ2v) is 6.21. The predicted molar refractivity (Wildman–Crippen MR) is 91.7 cm³/mol. The van der Waals surface area contributed by atoms with E-state index in [9.17, 15) is 4.79 Å². The third-order valence-corrected chi connectivity index (χ3v) is 4.22. The molecule has 0 saturated carbocycles. The van der Waals surface area contributed by atoms with Crippen LogP contribution in [-0.2, 0) is 11.2 Å². The van der Waals surface area contributed by atoms with Gasteiger partial charge in [-0.3, -0.25) is 4.79 Å². The van der Waals surface area contributed by atoms with E-state index in [1.807, 2.05) is 41.9 Å². The molecule has 0 aliphatic rings. The van der Waals surface area contributed by atoms with Gasteiger partial charge >= 0.3 is 0 Å². The van der Waals surface area contributed by atoms with Crippen LogP contribution < -0.4 is 5.32 Å². The van der Waals surface area contributed by atoms with Gasteiger partial charge in [0.1, 0.15) is 0 Å². The lowest BCUT2D eigenvalue weighted by molar-refractivity contribution is -0.127. The standard InChI is InChI=1S/C17H17N3OS/c1-20(2)17(21)9-12-3-5-13(6-4-12)19-14-7-8-15-16(10-14)22-11-18-15/h3-8,10-11,19H,9H2,1-2H3.